The molecule has 7 nitrogen and oxygen atoms in total. The number of hydrogen-bond acceptors (Lipinski definition) is 5. The molecular weight excluding hydrogens is 236 g/mol. The number of aromatic nitrogens is 2. The summed E-state index contributed by atoms with van der Waals surface area (Å²) < 4.78 is 5.48. The van der Waals surface area contributed by atoms with E-state index >= 15 is 0 Å². The highest BCUT2D eigenvalue weighted by atomic mass is 16.5. The lowest BCUT2D eigenvalue weighted by Crippen LogP contribution is -2.51. The van der Waals surface area contributed by atoms with E-state index in [-0.39, 0.29) is 29.3 Å². The average molecular weight is 252 g/mol. The van der Waals surface area contributed by atoms with Gasteiger partial charge >= 0.3 is 0 Å². The minimum atomic E-state index is -0.331. The first-order valence-corrected chi connectivity index (χ1v) is 5.79. The largest absolute Gasteiger partial charge is 0.373 e. The first-order chi connectivity index (χ1) is 8.58. The van der Waals surface area contributed by atoms with Crippen LogP contribution < -0.4 is 11.3 Å². The molecule has 0 aromatic carbocycles. The summed E-state index contributed by atoms with van der Waals surface area (Å²) in [6.45, 7) is 3.25. The van der Waals surface area contributed by atoms with Crippen molar-refractivity contribution < 1.29 is 9.53 Å². The highest BCUT2D eigenvalue weighted by Gasteiger charge is 2.27. The lowest BCUT2D eigenvalue weighted by molar-refractivity contribution is -0.0301. The molecule has 1 fully saturated rings. The molecule has 1 aromatic rings. The molecule has 1 saturated heterocycles. The minimum absolute atomic E-state index is 0.135. The van der Waals surface area contributed by atoms with Crippen LogP contribution in [0.25, 0.3) is 0 Å². The molecule has 3 N–H and O–H groups in total. The van der Waals surface area contributed by atoms with Crippen molar-refractivity contribution in [2.75, 3.05) is 19.7 Å². The first-order valence-electron chi connectivity index (χ1n) is 5.79. The summed E-state index contributed by atoms with van der Waals surface area (Å²) in [6.07, 6.45) is 2.25. The first kappa shape index (κ1) is 12.7. The molecule has 2 heterocycles. The van der Waals surface area contributed by atoms with Gasteiger partial charge in [0.1, 0.15) is 5.69 Å². The summed E-state index contributed by atoms with van der Waals surface area (Å²) in [7, 11) is 0. The zero-order valence-corrected chi connectivity index (χ0v) is 10.1. The Morgan fingerprint density at radius 2 is 2.50 bits per heavy atom. The molecule has 7 heteroatoms. The molecule has 1 aromatic heterocycles. The zero-order chi connectivity index (χ0) is 13.1. The second-order valence-corrected chi connectivity index (χ2v) is 4.32. The SMILES string of the molecule is CC(N)C1CN(C(=O)c2c[nH]c(=O)cn2)CCO1. The molecule has 2 unspecified atom stereocenters. The van der Waals surface area contributed by atoms with Crippen LogP contribution in [0.3, 0.4) is 0 Å². The second-order valence-electron chi connectivity index (χ2n) is 4.32. The fraction of sp³-hybridized carbons (Fsp3) is 0.545. The Balaban J connectivity index is 2.09. The Bertz CT molecular complexity index is 465. The highest BCUT2D eigenvalue weighted by Crippen LogP contribution is 2.10. The van der Waals surface area contributed by atoms with Gasteiger partial charge in [0.05, 0.1) is 18.9 Å². The van der Waals surface area contributed by atoms with E-state index in [0.29, 0.717) is 19.7 Å². The van der Waals surface area contributed by atoms with Crippen molar-refractivity contribution in [2.45, 2.75) is 19.1 Å². The normalized spacial score (nSPS) is 21.7. The van der Waals surface area contributed by atoms with Crippen molar-refractivity contribution in [1.29, 1.82) is 0 Å². The van der Waals surface area contributed by atoms with Crippen LogP contribution in [0.15, 0.2) is 17.2 Å². The fourth-order valence-corrected chi connectivity index (χ4v) is 1.80. The van der Waals surface area contributed by atoms with Crippen molar-refractivity contribution in [2.24, 2.45) is 5.73 Å². The second kappa shape index (κ2) is 5.28. The van der Waals surface area contributed by atoms with Gasteiger partial charge in [0.2, 0.25) is 0 Å². The van der Waals surface area contributed by atoms with Crippen LogP contribution in [0.5, 0.6) is 0 Å². The number of carbonyl (C=O) groups is 1. The zero-order valence-electron chi connectivity index (χ0n) is 10.1. The number of nitrogens with zero attached hydrogens (tertiary/aromatic N) is 2. The lowest BCUT2D eigenvalue weighted by Gasteiger charge is -2.34. The molecule has 2 rings (SSSR count). The number of hydrogen-bond donors (Lipinski definition) is 2. The summed E-state index contributed by atoms with van der Waals surface area (Å²) in [6, 6.07) is -0.135. The summed E-state index contributed by atoms with van der Waals surface area (Å²) >= 11 is 0. The standard InChI is InChI=1S/C11H16N4O3/c1-7(12)9-6-15(2-3-18-9)11(17)8-4-14-10(16)5-13-8/h4-5,7,9H,2-3,6,12H2,1H3,(H,14,16). The van der Waals surface area contributed by atoms with Gasteiger partial charge in [0.15, 0.2) is 0 Å². The molecule has 2 atom stereocenters. The molecule has 1 amide bonds. The van der Waals surface area contributed by atoms with E-state index in [4.69, 9.17) is 10.5 Å². The van der Waals surface area contributed by atoms with Crippen molar-refractivity contribution >= 4 is 5.91 Å². The van der Waals surface area contributed by atoms with Crippen molar-refractivity contribution in [1.82, 2.24) is 14.9 Å². The third-order valence-corrected chi connectivity index (χ3v) is 2.86. The van der Waals surface area contributed by atoms with E-state index in [1.165, 1.54) is 6.20 Å². The van der Waals surface area contributed by atoms with Gasteiger partial charge in [-0.05, 0) is 6.92 Å². The third kappa shape index (κ3) is 2.74. The number of rotatable bonds is 2. The molecule has 0 saturated carbocycles. The van der Waals surface area contributed by atoms with E-state index in [9.17, 15) is 9.59 Å². The summed E-state index contributed by atoms with van der Waals surface area (Å²) in [5.41, 5.74) is 5.65. The Hall–Kier alpha value is -1.73. The van der Waals surface area contributed by atoms with Gasteiger partial charge in [-0.1, -0.05) is 0 Å². The van der Waals surface area contributed by atoms with E-state index < -0.39 is 0 Å². The van der Waals surface area contributed by atoms with E-state index in [0.717, 1.165) is 6.20 Å². The van der Waals surface area contributed by atoms with E-state index in [1.54, 1.807) is 4.90 Å². The average Bonchev–Trinajstić information content (AvgIpc) is 2.39. The molecule has 0 radical (unpaired) electrons. The van der Waals surface area contributed by atoms with Gasteiger partial charge in [0.25, 0.3) is 11.5 Å². The predicted molar refractivity (Wildman–Crippen MR) is 64.2 cm³/mol. The van der Waals surface area contributed by atoms with Crippen LogP contribution in [-0.4, -0.2) is 52.6 Å². The van der Waals surface area contributed by atoms with Gasteiger partial charge in [-0.25, -0.2) is 4.98 Å². The van der Waals surface area contributed by atoms with Gasteiger partial charge in [0, 0.05) is 25.3 Å². The quantitative estimate of drug-likeness (QED) is 0.700. The van der Waals surface area contributed by atoms with E-state index in [2.05, 4.69) is 9.97 Å². The predicted octanol–water partition coefficient (Wildman–Crippen LogP) is -1.04. The summed E-state index contributed by atoms with van der Waals surface area (Å²) in [5.74, 6) is -0.222. The number of ether oxygens (including phenoxy) is 1. The topological polar surface area (TPSA) is 101 Å². The van der Waals surface area contributed by atoms with Crippen LogP contribution in [-0.2, 0) is 4.74 Å². The number of nitrogens with one attached hydrogen (secondary N) is 1. The van der Waals surface area contributed by atoms with Gasteiger partial charge < -0.3 is 20.4 Å². The molecule has 0 bridgehead atoms. The number of carbonyl (C=O) groups excluding carboxylic acids is 1. The Morgan fingerprint density at radius 1 is 1.72 bits per heavy atom. The molecule has 0 spiro atoms. The number of aromatic amines is 1. The number of H-pyrrole nitrogens is 1. The monoisotopic (exact) mass is 252 g/mol. The van der Waals surface area contributed by atoms with Crippen molar-refractivity contribution in [3.05, 3.63) is 28.4 Å². The Morgan fingerprint density at radius 3 is 3.11 bits per heavy atom. The van der Waals surface area contributed by atoms with Gasteiger partial charge in [-0.2, -0.15) is 0 Å². The highest BCUT2D eigenvalue weighted by molar-refractivity contribution is 5.92. The summed E-state index contributed by atoms with van der Waals surface area (Å²) in [5, 5.41) is 0. The number of amides is 1. The van der Waals surface area contributed by atoms with Crippen LogP contribution in [0.1, 0.15) is 17.4 Å². The lowest BCUT2D eigenvalue weighted by atomic mass is 10.1. The molecule has 98 valence electrons. The van der Waals surface area contributed by atoms with Crippen molar-refractivity contribution in [3.63, 3.8) is 0 Å². The van der Waals surface area contributed by atoms with Crippen LogP contribution >= 0.6 is 0 Å². The maximum Gasteiger partial charge on any atom is 0.274 e. The number of nitrogens with two attached hydrogens (primary N) is 1. The smallest absolute Gasteiger partial charge is 0.274 e. The van der Waals surface area contributed by atoms with Crippen LogP contribution in [0.4, 0.5) is 0 Å². The van der Waals surface area contributed by atoms with E-state index in [1.807, 2.05) is 6.92 Å². The molecule has 0 aliphatic carbocycles. The number of morpholine rings is 1. The molecule has 18 heavy (non-hydrogen) atoms. The minimum Gasteiger partial charge on any atom is -0.373 e. The van der Waals surface area contributed by atoms with Gasteiger partial charge in [-0.3, -0.25) is 9.59 Å². The maximum atomic E-state index is 12.1. The maximum absolute atomic E-state index is 12.1. The summed E-state index contributed by atoms with van der Waals surface area (Å²) in [4.78, 5) is 30.9. The third-order valence-electron chi connectivity index (χ3n) is 2.86. The molecule has 1 aliphatic heterocycles. The fourth-order valence-electron chi connectivity index (χ4n) is 1.80. The van der Waals surface area contributed by atoms with Gasteiger partial charge in [-0.15, -0.1) is 0 Å². The van der Waals surface area contributed by atoms with Crippen LogP contribution in [0.2, 0.25) is 0 Å². The Kier molecular flexibility index (Phi) is 3.73. The Labute approximate surface area is 104 Å². The molecule has 1 aliphatic rings. The molecular formula is C11H16N4O3. The van der Waals surface area contributed by atoms with Crippen LogP contribution in [0, 0.1) is 0 Å². The van der Waals surface area contributed by atoms with Crippen molar-refractivity contribution in [3.8, 4) is 0 Å².